The van der Waals surface area contributed by atoms with Crippen molar-refractivity contribution in [3.8, 4) is 0 Å². The average molecular weight is 414 g/mol. The number of aromatic nitrogens is 2. The smallest absolute Gasteiger partial charge is 0.254 e. The van der Waals surface area contributed by atoms with E-state index in [0.717, 1.165) is 50.5 Å². The van der Waals surface area contributed by atoms with E-state index >= 15 is 0 Å². The van der Waals surface area contributed by atoms with E-state index in [2.05, 4.69) is 20.2 Å². The highest BCUT2D eigenvalue weighted by Crippen LogP contribution is 2.46. The maximum atomic E-state index is 13.2. The van der Waals surface area contributed by atoms with E-state index in [9.17, 15) is 13.2 Å². The Hall–Kier alpha value is -2.68. The van der Waals surface area contributed by atoms with Crippen molar-refractivity contribution in [1.82, 2.24) is 14.9 Å². The fraction of sp³-hybridized carbons (Fsp3) is 0.450. The number of nitrogens with one attached hydrogen (secondary N) is 1. The number of amides is 1. The standard InChI is InChI=1S/C20H23N5O3S/c1-29(27,28)15-4-2-14(3-5-15)19(26)25-11-10-24(12-20(25)7-8-20)18-16-6-9-21-17(16)22-13-23-18/h2-5,13H,6-12H2,1H3,(H,21,22,23). The Morgan fingerprint density at radius 3 is 2.59 bits per heavy atom. The minimum atomic E-state index is -3.27. The van der Waals surface area contributed by atoms with Crippen LogP contribution in [0.1, 0.15) is 28.8 Å². The van der Waals surface area contributed by atoms with Crippen molar-refractivity contribution in [2.75, 3.05) is 42.7 Å². The van der Waals surface area contributed by atoms with Crippen LogP contribution in [0.15, 0.2) is 35.5 Å². The second kappa shape index (κ2) is 6.41. The molecule has 8 nitrogen and oxygen atoms in total. The lowest BCUT2D eigenvalue weighted by atomic mass is 10.1. The highest BCUT2D eigenvalue weighted by atomic mass is 32.2. The van der Waals surface area contributed by atoms with Crippen molar-refractivity contribution in [3.63, 3.8) is 0 Å². The molecule has 152 valence electrons. The molecule has 0 atom stereocenters. The number of sulfone groups is 1. The van der Waals surface area contributed by atoms with Gasteiger partial charge in [0.1, 0.15) is 18.0 Å². The zero-order chi connectivity index (χ0) is 20.2. The number of carbonyl (C=O) groups is 1. The second-order valence-electron chi connectivity index (χ2n) is 8.10. The van der Waals surface area contributed by atoms with Crippen LogP contribution in [0.2, 0.25) is 0 Å². The Bertz CT molecular complexity index is 1080. The molecule has 5 rings (SSSR count). The summed E-state index contributed by atoms with van der Waals surface area (Å²) in [6.45, 7) is 2.99. The van der Waals surface area contributed by atoms with Gasteiger partial charge in [-0.05, 0) is 43.5 Å². The number of hydrogen-bond acceptors (Lipinski definition) is 7. The normalized spacial score (nSPS) is 19.8. The molecule has 1 saturated heterocycles. The van der Waals surface area contributed by atoms with Gasteiger partial charge in [0.2, 0.25) is 0 Å². The zero-order valence-electron chi connectivity index (χ0n) is 16.3. The van der Waals surface area contributed by atoms with E-state index in [0.29, 0.717) is 12.1 Å². The molecule has 3 heterocycles. The summed E-state index contributed by atoms with van der Waals surface area (Å²) in [5.74, 6) is 1.87. The molecule has 1 aliphatic carbocycles. The molecule has 1 aromatic carbocycles. The van der Waals surface area contributed by atoms with E-state index in [4.69, 9.17) is 0 Å². The predicted molar refractivity (Wildman–Crippen MR) is 109 cm³/mol. The van der Waals surface area contributed by atoms with Gasteiger partial charge in [-0.2, -0.15) is 0 Å². The van der Waals surface area contributed by atoms with Crippen LogP contribution in [0.4, 0.5) is 11.6 Å². The Labute approximate surface area is 169 Å². The number of fused-ring (bicyclic) bond motifs is 1. The van der Waals surface area contributed by atoms with Gasteiger partial charge in [0, 0.05) is 43.6 Å². The van der Waals surface area contributed by atoms with Gasteiger partial charge in [-0.25, -0.2) is 18.4 Å². The van der Waals surface area contributed by atoms with E-state index in [1.165, 1.54) is 24.0 Å². The predicted octanol–water partition coefficient (Wildman–Crippen LogP) is 1.34. The van der Waals surface area contributed by atoms with Crippen LogP contribution in [-0.4, -0.2) is 67.2 Å². The van der Waals surface area contributed by atoms with Crippen molar-refractivity contribution < 1.29 is 13.2 Å². The fourth-order valence-corrected chi connectivity index (χ4v) is 5.04. The summed E-state index contributed by atoms with van der Waals surface area (Å²) in [6.07, 6.45) is 5.64. The summed E-state index contributed by atoms with van der Waals surface area (Å²) in [5.41, 5.74) is 1.54. The van der Waals surface area contributed by atoms with E-state index in [1.54, 1.807) is 18.5 Å². The molecule has 2 aliphatic heterocycles. The summed E-state index contributed by atoms with van der Waals surface area (Å²) >= 11 is 0. The molecule has 1 saturated carbocycles. The second-order valence-corrected chi connectivity index (χ2v) is 10.1. The summed E-state index contributed by atoms with van der Waals surface area (Å²) in [6, 6.07) is 6.25. The summed E-state index contributed by atoms with van der Waals surface area (Å²) in [7, 11) is -3.27. The van der Waals surface area contributed by atoms with Gasteiger partial charge in [0.05, 0.1) is 10.4 Å². The molecular formula is C20H23N5O3S. The Kier molecular flexibility index (Phi) is 4.06. The monoisotopic (exact) mass is 413 g/mol. The Morgan fingerprint density at radius 2 is 1.90 bits per heavy atom. The lowest BCUT2D eigenvalue weighted by Crippen LogP contribution is -2.57. The average Bonchev–Trinajstić information content (AvgIpc) is 3.28. The Balaban J connectivity index is 1.37. The van der Waals surface area contributed by atoms with Crippen LogP contribution in [0.25, 0.3) is 0 Å². The van der Waals surface area contributed by atoms with Crippen LogP contribution in [0.3, 0.4) is 0 Å². The number of piperazine rings is 1. The number of benzene rings is 1. The summed E-state index contributed by atoms with van der Waals surface area (Å²) < 4.78 is 23.3. The number of nitrogens with zero attached hydrogens (tertiary/aromatic N) is 4. The van der Waals surface area contributed by atoms with Crippen LogP contribution < -0.4 is 10.2 Å². The van der Waals surface area contributed by atoms with Crippen LogP contribution in [0.5, 0.6) is 0 Å². The maximum Gasteiger partial charge on any atom is 0.254 e. The SMILES string of the molecule is CS(=O)(=O)c1ccc(C(=O)N2CCN(c3ncnc4c3CCN4)CC23CC3)cc1. The third-order valence-corrected chi connectivity index (χ3v) is 7.27. The Morgan fingerprint density at radius 1 is 1.14 bits per heavy atom. The molecule has 29 heavy (non-hydrogen) atoms. The largest absolute Gasteiger partial charge is 0.369 e. The maximum absolute atomic E-state index is 13.2. The summed E-state index contributed by atoms with van der Waals surface area (Å²) in [4.78, 5) is 26.5. The lowest BCUT2D eigenvalue weighted by molar-refractivity contribution is 0.0624. The highest BCUT2D eigenvalue weighted by molar-refractivity contribution is 7.90. The van der Waals surface area contributed by atoms with Crippen LogP contribution in [-0.2, 0) is 16.3 Å². The molecule has 2 aromatic rings. The van der Waals surface area contributed by atoms with Crippen molar-refractivity contribution in [3.05, 3.63) is 41.7 Å². The minimum absolute atomic E-state index is 0.0308. The molecule has 1 N–H and O–H groups in total. The zero-order valence-corrected chi connectivity index (χ0v) is 17.1. The molecule has 2 fully saturated rings. The number of hydrogen-bond donors (Lipinski definition) is 1. The summed E-state index contributed by atoms with van der Waals surface area (Å²) in [5, 5.41) is 3.29. The van der Waals surface area contributed by atoms with Crippen molar-refractivity contribution in [2.45, 2.75) is 29.7 Å². The molecule has 0 radical (unpaired) electrons. The number of carbonyl (C=O) groups excluding carboxylic acids is 1. The van der Waals surface area contributed by atoms with Gasteiger partial charge in [-0.3, -0.25) is 4.79 Å². The van der Waals surface area contributed by atoms with Gasteiger partial charge in [-0.15, -0.1) is 0 Å². The van der Waals surface area contributed by atoms with Gasteiger partial charge in [0.15, 0.2) is 9.84 Å². The van der Waals surface area contributed by atoms with E-state index < -0.39 is 9.84 Å². The van der Waals surface area contributed by atoms with E-state index in [1.807, 2.05) is 4.90 Å². The third-order valence-electron chi connectivity index (χ3n) is 6.14. The molecule has 1 amide bonds. The van der Waals surface area contributed by atoms with Gasteiger partial charge >= 0.3 is 0 Å². The molecular weight excluding hydrogens is 390 g/mol. The third kappa shape index (κ3) is 3.13. The fourth-order valence-electron chi connectivity index (χ4n) is 4.41. The van der Waals surface area contributed by atoms with Gasteiger partial charge in [0.25, 0.3) is 5.91 Å². The van der Waals surface area contributed by atoms with E-state index in [-0.39, 0.29) is 16.3 Å². The first-order valence-corrected chi connectivity index (χ1v) is 11.7. The first-order valence-electron chi connectivity index (χ1n) is 9.82. The molecule has 0 bridgehead atoms. The highest BCUT2D eigenvalue weighted by Gasteiger charge is 2.53. The lowest BCUT2D eigenvalue weighted by Gasteiger charge is -2.43. The molecule has 1 spiro atoms. The first kappa shape index (κ1) is 18.4. The van der Waals surface area contributed by atoms with Crippen LogP contribution >= 0.6 is 0 Å². The molecule has 9 heteroatoms. The molecule has 0 unspecified atom stereocenters. The molecule has 3 aliphatic rings. The minimum Gasteiger partial charge on any atom is -0.369 e. The topological polar surface area (TPSA) is 95.5 Å². The van der Waals surface area contributed by atoms with Crippen molar-refractivity contribution >= 4 is 27.4 Å². The van der Waals surface area contributed by atoms with Crippen molar-refractivity contribution in [2.24, 2.45) is 0 Å². The first-order chi connectivity index (χ1) is 13.9. The quantitative estimate of drug-likeness (QED) is 0.811. The number of anilines is 2. The van der Waals surface area contributed by atoms with Gasteiger partial charge in [-0.1, -0.05) is 0 Å². The number of rotatable bonds is 3. The van der Waals surface area contributed by atoms with Crippen LogP contribution in [0, 0.1) is 0 Å². The van der Waals surface area contributed by atoms with Gasteiger partial charge < -0.3 is 15.1 Å². The van der Waals surface area contributed by atoms with Crippen molar-refractivity contribution in [1.29, 1.82) is 0 Å². The molecule has 1 aromatic heterocycles.